The van der Waals surface area contributed by atoms with Crippen molar-refractivity contribution in [2.45, 2.75) is 44.6 Å². The largest absolute Gasteiger partial charge is 0.379 e. The topological polar surface area (TPSA) is 89.0 Å². The van der Waals surface area contributed by atoms with E-state index in [1.165, 1.54) is 38.4 Å². The van der Waals surface area contributed by atoms with Crippen molar-refractivity contribution < 1.29 is 17.9 Å². The lowest BCUT2D eigenvalue weighted by molar-refractivity contribution is 0.0277. The summed E-state index contributed by atoms with van der Waals surface area (Å²) in [6, 6.07) is 0. The maximum atomic E-state index is 11.0. The van der Waals surface area contributed by atoms with E-state index in [4.69, 9.17) is 9.47 Å². The van der Waals surface area contributed by atoms with Gasteiger partial charge in [0.05, 0.1) is 25.1 Å². The van der Waals surface area contributed by atoms with Gasteiger partial charge in [0.2, 0.25) is 0 Å². The molecule has 0 heterocycles. The molecule has 0 aromatic heterocycles. The fraction of sp³-hybridized carbons (Fsp3) is 0.938. The van der Waals surface area contributed by atoms with E-state index in [1.807, 2.05) is 0 Å². The van der Waals surface area contributed by atoms with Crippen LogP contribution in [0.5, 0.6) is 0 Å². The molecule has 1 aliphatic carbocycles. The van der Waals surface area contributed by atoms with Gasteiger partial charge in [-0.25, -0.2) is 8.42 Å². The third-order valence-electron chi connectivity index (χ3n) is 3.88. The van der Waals surface area contributed by atoms with Crippen molar-refractivity contribution in [3.8, 4) is 0 Å². The Kier molecular flexibility index (Phi) is 14.9. The molecule has 1 rings (SSSR count). The van der Waals surface area contributed by atoms with Gasteiger partial charge in [-0.3, -0.25) is 4.99 Å². The molecule has 0 bridgehead atoms. The molecule has 1 aliphatic rings. The van der Waals surface area contributed by atoms with Crippen molar-refractivity contribution in [1.29, 1.82) is 0 Å². The molecule has 0 aromatic rings. The molecule has 0 aliphatic heterocycles. The van der Waals surface area contributed by atoms with Gasteiger partial charge >= 0.3 is 0 Å². The van der Waals surface area contributed by atoms with Crippen molar-refractivity contribution in [2.24, 2.45) is 4.99 Å². The molecule has 2 N–H and O–H groups in total. The van der Waals surface area contributed by atoms with Crippen LogP contribution in [0.4, 0.5) is 0 Å². The second-order valence-corrected chi connectivity index (χ2v) is 8.41. The summed E-state index contributed by atoms with van der Waals surface area (Å²) in [6.07, 6.45) is 8.96. The van der Waals surface area contributed by atoms with Crippen LogP contribution in [0, 0.1) is 0 Å². The minimum absolute atomic E-state index is 0. The van der Waals surface area contributed by atoms with Crippen molar-refractivity contribution in [1.82, 2.24) is 10.6 Å². The van der Waals surface area contributed by atoms with E-state index >= 15 is 0 Å². The van der Waals surface area contributed by atoms with Gasteiger partial charge in [-0.1, -0.05) is 19.3 Å². The van der Waals surface area contributed by atoms with Crippen molar-refractivity contribution in [3.05, 3.63) is 0 Å². The zero-order valence-electron chi connectivity index (χ0n) is 15.5. The fourth-order valence-electron chi connectivity index (χ4n) is 2.54. The highest BCUT2D eigenvalue weighted by Gasteiger charge is 2.12. The summed E-state index contributed by atoms with van der Waals surface area (Å²) in [5, 5.41) is 6.36. The van der Waals surface area contributed by atoms with E-state index in [1.54, 1.807) is 7.05 Å². The molecule has 1 saturated carbocycles. The van der Waals surface area contributed by atoms with E-state index in [0.29, 0.717) is 19.3 Å². The SMILES string of the molecule is CN=C(NCCCOC1CCCCC1)NCCOCCS(C)(=O)=O.I. The number of sulfone groups is 1. The monoisotopic (exact) mass is 491 g/mol. The summed E-state index contributed by atoms with van der Waals surface area (Å²) < 4.78 is 33.1. The molecule has 7 nitrogen and oxygen atoms in total. The number of guanidine groups is 1. The van der Waals surface area contributed by atoms with E-state index in [2.05, 4.69) is 15.6 Å². The average Bonchev–Trinajstić information content (AvgIpc) is 2.55. The third-order valence-corrected chi connectivity index (χ3v) is 4.79. The number of ether oxygens (including phenoxy) is 2. The molecule has 150 valence electrons. The van der Waals surface area contributed by atoms with E-state index in [0.717, 1.165) is 25.5 Å². The lowest BCUT2D eigenvalue weighted by atomic mass is 9.98. The second kappa shape index (κ2) is 15.0. The van der Waals surface area contributed by atoms with Crippen molar-refractivity contribution >= 4 is 39.8 Å². The van der Waals surface area contributed by atoms with Crippen LogP contribution >= 0.6 is 24.0 Å². The minimum Gasteiger partial charge on any atom is -0.379 e. The first kappa shape index (κ1) is 24.9. The summed E-state index contributed by atoms with van der Waals surface area (Å²) in [7, 11) is -1.23. The van der Waals surface area contributed by atoms with Crippen LogP contribution in [0.1, 0.15) is 38.5 Å². The van der Waals surface area contributed by atoms with Crippen molar-refractivity contribution in [3.63, 3.8) is 0 Å². The van der Waals surface area contributed by atoms with Crippen LogP contribution in [0.25, 0.3) is 0 Å². The minimum atomic E-state index is -2.95. The Bertz CT molecular complexity index is 454. The molecule has 25 heavy (non-hydrogen) atoms. The van der Waals surface area contributed by atoms with Gasteiger partial charge in [-0.15, -0.1) is 24.0 Å². The normalized spacial score (nSPS) is 16.3. The number of hydrogen-bond acceptors (Lipinski definition) is 5. The van der Waals surface area contributed by atoms with Gasteiger partial charge in [-0.2, -0.15) is 0 Å². The Labute approximate surface area is 169 Å². The summed E-state index contributed by atoms with van der Waals surface area (Å²) in [5.74, 6) is 0.778. The second-order valence-electron chi connectivity index (χ2n) is 6.15. The zero-order valence-corrected chi connectivity index (χ0v) is 18.6. The Morgan fingerprint density at radius 2 is 1.76 bits per heavy atom. The number of halogens is 1. The fourth-order valence-corrected chi connectivity index (χ4v) is 2.96. The van der Waals surface area contributed by atoms with Gasteiger partial charge in [0.1, 0.15) is 9.84 Å². The van der Waals surface area contributed by atoms with Crippen LogP contribution in [0.15, 0.2) is 4.99 Å². The lowest BCUT2D eigenvalue weighted by Crippen LogP contribution is -2.39. The average molecular weight is 491 g/mol. The van der Waals surface area contributed by atoms with Crippen LogP contribution in [-0.4, -0.2) is 72.4 Å². The lowest BCUT2D eigenvalue weighted by Gasteiger charge is -2.22. The predicted molar refractivity (Wildman–Crippen MR) is 113 cm³/mol. The predicted octanol–water partition coefficient (Wildman–Crippen LogP) is 1.57. The maximum Gasteiger partial charge on any atom is 0.191 e. The Morgan fingerprint density at radius 1 is 1.08 bits per heavy atom. The maximum absolute atomic E-state index is 11.0. The molecule has 0 aromatic carbocycles. The molecule has 0 atom stereocenters. The molecule has 0 spiro atoms. The first-order chi connectivity index (χ1) is 11.5. The number of hydrogen-bond donors (Lipinski definition) is 2. The van der Waals surface area contributed by atoms with Crippen LogP contribution in [0.3, 0.4) is 0 Å². The molecule has 9 heteroatoms. The third kappa shape index (κ3) is 14.7. The molecule has 0 amide bonds. The number of nitrogens with zero attached hydrogens (tertiary/aromatic N) is 1. The van der Waals surface area contributed by atoms with Gasteiger partial charge in [0.25, 0.3) is 0 Å². The highest BCUT2D eigenvalue weighted by molar-refractivity contribution is 14.0. The summed E-state index contributed by atoms with van der Waals surface area (Å²) in [6.45, 7) is 2.85. The number of rotatable bonds is 11. The van der Waals surface area contributed by atoms with Crippen LogP contribution in [0.2, 0.25) is 0 Å². The smallest absolute Gasteiger partial charge is 0.191 e. The Balaban J connectivity index is 0.00000576. The molecule has 0 radical (unpaired) electrons. The molecular formula is C16H34IN3O4S. The summed E-state index contributed by atoms with van der Waals surface area (Å²) >= 11 is 0. The van der Waals surface area contributed by atoms with E-state index in [-0.39, 0.29) is 36.3 Å². The zero-order chi connectivity index (χ0) is 17.7. The number of aliphatic imine (C=N–C) groups is 1. The molecule has 0 saturated heterocycles. The first-order valence-corrected chi connectivity index (χ1v) is 10.9. The first-order valence-electron chi connectivity index (χ1n) is 8.83. The van der Waals surface area contributed by atoms with E-state index < -0.39 is 9.84 Å². The van der Waals surface area contributed by atoms with Crippen molar-refractivity contribution in [2.75, 3.05) is 52.0 Å². The Morgan fingerprint density at radius 3 is 2.40 bits per heavy atom. The van der Waals surface area contributed by atoms with Crippen LogP contribution < -0.4 is 10.6 Å². The highest BCUT2D eigenvalue weighted by Crippen LogP contribution is 2.20. The van der Waals surface area contributed by atoms with Gasteiger partial charge in [0.15, 0.2) is 5.96 Å². The van der Waals surface area contributed by atoms with Crippen LogP contribution in [-0.2, 0) is 19.3 Å². The van der Waals surface area contributed by atoms with Gasteiger partial charge < -0.3 is 20.1 Å². The molecule has 1 fully saturated rings. The highest BCUT2D eigenvalue weighted by atomic mass is 127. The molecule has 0 unspecified atom stereocenters. The summed E-state index contributed by atoms with van der Waals surface area (Å²) in [5.41, 5.74) is 0. The standard InChI is InChI=1S/C16H33N3O4S.HI/c1-17-16(19-10-12-22-13-14-24(2,20)21)18-9-6-11-23-15-7-4-3-5-8-15;/h15H,3-14H2,1-2H3,(H2,17,18,19);1H. The quantitative estimate of drug-likeness (QED) is 0.198. The molecular weight excluding hydrogens is 457 g/mol. The summed E-state index contributed by atoms with van der Waals surface area (Å²) in [4.78, 5) is 4.13. The van der Waals surface area contributed by atoms with Gasteiger partial charge in [0, 0.05) is 33.0 Å². The van der Waals surface area contributed by atoms with E-state index in [9.17, 15) is 8.42 Å². The van der Waals surface area contributed by atoms with Gasteiger partial charge in [-0.05, 0) is 19.3 Å². The number of nitrogens with one attached hydrogen (secondary N) is 2. The Hall–Kier alpha value is -0.130.